The fourth-order valence-electron chi connectivity index (χ4n) is 4.21. The van der Waals surface area contributed by atoms with Crippen LogP contribution in [0.3, 0.4) is 0 Å². The van der Waals surface area contributed by atoms with Gasteiger partial charge in [-0.25, -0.2) is 4.39 Å². The molecule has 0 aliphatic carbocycles. The van der Waals surface area contributed by atoms with E-state index in [-0.39, 0.29) is 17.6 Å². The quantitative estimate of drug-likeness (QED) is 0.738. The molecule has 2 aromatic carbocycles. The maximum atomic E-state index is 14.4. The van der Waals surface area contributed by atoms with Gasteiger partial charge in [0.15, 0.2) is 5.75 Å². The van der Waals surface area contributed by atoms with Crippen LogP contribution in [0.1, 0.15) is 50.2 Å². The molecule has 2 aromatic rings. The predicted molar refractivity (Wildman–Crippen MR) is 119 cm³/mol. The summed E-state index contributed by atoms with van der Waals surface area (Å²) in [5.74, 6) is -0.818. The van der Waals surface area contributed by atoms with Gasteiger partial charge in [-0.2, -0.15) is 0 Å². The number of carbonyl (C=O) groups excluding carboxylic acids is 2. The van der Waals surface area contributed by atoms with Gasteiger partial charge in [0.1, 0.15) is 12.4 Å². The molecule has 2 aliphatic heterocycles. The minimum atomic E-state index is -0.595. The van der Waals surface area contributed by atoms with Crippen LogP contribution in [0.25, 0.3) is 0 Å². The third kappa shape index (κ3) is 4.45. The smallest absolute Gasteiger partial charge is 0.257 e. The highest BCUT2D eigenvalue weighted by molar-refractivity contribution is 6.33. The van der Waals surface area contributed by atoms with Crippen molar-refractivity contribution in [3.63, 3.8) is 0 Å². The molecule has 1 N–H and O–H groups in total. The lowest BCUT2D eigenvalue weighted by Crippen LogP contribution is -2.38. The Labute approximate surface area is 191 Å². The number of nitrogens with one attached hydrogen (secondary N) is 1. The maximum Gasteiger partial charge on any atom is 0.257 e. The molecule has 0 radical (unpaired) electrons. The lowest BCUT2D eigenvalue weighted by atomic mass is 9.96. The molecule has 2 aliphatic rings. The Morgan fingerprint density at radius 2 is 2.12 bits per heavy atom. The topological polar surface area (TPSA) is 67.9 Å². The van der Waals surface area contributed by atoms with Crippen molar-refractivity contribution in [1.82, 2.24) is 10.2 Å². The van der Waals surface area contributed by atoms with Crippen molar-refractivity contribution in [2.24, 2.45) is 0 Å². The summed E-state index contributed by atoms with van der Waals surface area (Å²) < 4.78 is 26.0. The first-order chi connectivity index (χ1) is 15.4. The van der Waals surface area contributed by atoms with Crippen LogP contribution in [0.2, 0.25) is 5.02 Å². The zero-order valence-corrected chi connectivity index (χ0v) is 18.9. The molecule has 1 unspecified atom stereocenters. The fourth-order valence-corrected chi connectivity index (χ4v) is 4.48. The molecule has 0 aromatic heterocycles. The van der Waals surface area contributed by atoms with Gasteiger partial charge in [0.25, 0.3) is 11.8 Å². The number of ether oxygens (including phenoxy) is 2. The van der Waals surface area contributed by atoms with Gasteiger partial charge in [-0.3, -0.25) is 9.59 Å². The van der Waals surface area contributed by atoms with Crippen molar-refractivity contribution in [2.75, 3.05) is 33.4 Å². The highest BCUT2D eigenvalue weighted by Gasteiger charge is 2.30. The number of halogens is 2. The number of carbonyl (C=O) groups is 2. The van der Waals surface area contributed by atoms with Gasteiger partial charge in [0, 0.05) is 20.2 Å². The van der Waals surface area contributed by atoms with Crippen molar-refractivity contribution < 1.29 is 23.5 Å². The first kappa shape index (κ1) is 22.6. The van der Waals surface area contributed by atoms with Crippen LogP contribution in [-0.2, 0) is 11.2 Å². The molecule has 2 heterocycles. The second kappa shape index (κ2) is 9.46. The molecular weight excluding hydrogens is 435 g/mol. The van der Waals surface area contributed by atoms with Crippen molar-refractivity contribution >= 4 is 23.4 Å². The monoisotopic (exact) mass is 460 g/mol. The van der Waals surface area contributed by atoms with Crippen molar-refractivity contribution in [3.8, 4) is 5.75 Å². The van der Waals surface area contributed by atoms with Gasteiger partial charge in [-0.05, 0) is 61.1 Å². The van der Waals surface area contributed by atoms with E-state index in [1.165, 1.54) is 19.2 Å². The molecule has 4 rings (SSSR count). The molecule has 0 spiro atoms. The second-order valence-electron chi connectivity index (χ2n) is 8.16. The number of hydrogen-bond acceptors (Lipinski definition) is 4. The summed E-state index contributed by atoms with van der Waals surface area (Å²) in [4.78, 5) is 26.8. The molecule has 170 valence electrons. The summed E-state index contributed by atoms with van der Waals surface area (Å²) >= 11 is 6.61. The molecular formula is C24H26ClFN2O4. The molecule has 1 fully saturated rings. The van der Waals surface area contributed by atoms with Gasteiger partial charge < -0.3 is 19.7 Å². The minimum Gasteiger partial charge on any atom is -0.489 e. The molecule has 0 bridgehead atoms. The second-order valence-corrected chi connectivity index (χ2v) is 8.53. The van der Waals surface area contributed by atoms with Crippen molar-refractivity contribution in [3.05, 3.63) is 62.9 Å². The number of nitrogens with zero attached hydrogens (tertiary/aromatic N) is 1. The Morgan fingerprint density at radius 1 is 1.31 bits per heavy atom. The molecule has 1 saturated heterocycles. The van der Waals surface area contributed by atoms with Crippen molar-refractivity contribution in [1.29, 1.82) is 0 Å². The van der Waals surface area contributed by atoms with Gasteiger partial charge >= 0.3 is 0 Å². The van der Waals surface area contributed by atoms with Gasteiger partial charge in [0.05, 0.1) is 28.8 Å². The Balaban J connectivity index is 1.63. The van der Waals surface area contributed by atoms with Crippen LogP contribution in [0.15, 0.2) is 24.3 Å². The summed E-state index contributed by atoms with van der Waals surface area (Å²) in [5.41, 5.74) is 2.65. The molecule has 2 amide bonds. The Morgan fingerprint density at radius 3 is 2.81 bits per heavy atom. The zero-order valence-electron chi connectivity index (χ0n) is 18.2. The van der Waals surface area contributed by atoms with Crippen LogP contribution >= 0.6 is 11.6 Å². The molecule has 6 nitrogen and oxygen atoms in total. The first-order valence-electron chi connectivity index (χ1n) is 10.7. The predicted octanol–water partition coefficient (Wildman–Crippen LogP) is 3.75. The van der Waals surface area contributed by atoms with Crippen LogP contribution in [0, 0.1) is 12.7 Å². The Hall–Kier alpha value is -2.64. The van der Waals surface area contributed by atoms with E-state index in [9.17, 15) is 14.0 Å². The number of fused-ring (bicyclic) bond motifs is 1. The summed E-state index contributed by atoms with van der Waals surface area (Å²) in [7, 11) is 1.46. The van der Waals surface area contributed by atoms with E-state index in [0.717, 1.165) is 30.6 Å². The Bertz CT molecular complexity index is 1050. The van der Waals surface area contributed by atoms with E-state index in [1.54, 1.807) is 17.0 Å². The highest BCUT2D eigenvalue weighted by atomic mass is 35.5. The minimum absolute atomic E-state index is 0.0127. The van der Waals surface area contributed by atoms with E-state index < -0.39 is 11.7 Å². The largest absolute Gasteiger partial charge is 0.489 e. The third-order valence-corrected chi connectivity index (χ3v) is 6.50. The van der Waals surface area contributed by atoms with Crippen LogP contribution in [0.4, 0.5) is 4.39 Å². The van der Waals surface area contributed by atoms with Gasteiger partial charge in [0.2, 0.25) is 0 Å². The maximum absolute atomic E-state index is 14.4. The average molecular weight is 461 g/mol. The van der Waals surface area contributed by atoms with Crippen LogP contribution in [-0.4, -0.2) is 56.2 Å². The van der Waals surface area contributed by atoms with E-state index in [1.807, 2.05) is 6.92 Å². The summed E-state index contributed by atoms with van der Waals surface area (Å²) in [6, 6.07) is 6.29. The summed E-state index contributed by atoms with van der Waals surface area (Å²) in [5, 5.41) is 2.82. The number of hydrogen-bond donors (Lipinski definition) is 1. The van der Waals surface area contributed by atoms with Gasteiger partial charge in [-0.1, -0.05) is 17.7 Å². The number of benzene rings is 2. The molecule has 1 atom stereocenters. The normalized spacial score (nSPS) is 18.2. The van der Waals surface area contributed by atoms with E-state index in [0.29, 0.717) is 48.0 Å². The van der Waals surface area contributed by atoms with Crippen LogP contribution in [0.5, 0.6) is 5.75 Å². The fraction of sp³-hybridized carbons (Fsp3) is 0.417. The Kier molecular flexibility index (Phi) is 6.67. The number of amides is 2. The van der Waals surface area contributed by atoms with Crippen molar-refractivity contribution in [2.45, 2.75) is 32.3 Å². The molecule has 32 heavy (non-hydrogen) atoms. The standard InChI is InChI=1S/C24H26ClFN2O4/c1-14-16(10-15-5-6-18(20(26)11-15)23(29)27-2)12-19-22(21(14)25)32-9-7-28(24(19)30)13-17-4-3-8-31-17/h5-6,11-12,17H,3-4,7-10,13H2,1-2H3,(H,27,29). The van der Waals surface area contributed by atoms with Crippen LogP contribution < -0.4 is 10.1 Å². The average Bonchev–Trinajstić information content (AvgIpc) is 3.24. The third-order valence-electron chi connectivity index (χ3n) is 6.05. The summed E-state index contributed by atoms with van der Waals surface area (Å²) in [6.45, 7) is 3.93. The van der Waals surface area contributed by atoms with E-state index >= 15 is 0 Å². The van der Waals surface area contributed by atoms with Gasteiger partial charge in [-0.15, -0.1) is 0 Å². The lowest BCUT2D eigenvalue weighted by Gasteiger charge is -2.23. The number of rotatable bonds is 5. The highest BCUT2D eigenvalue weighted by Crippen LogP contribution is 2.37. The zero-order chi connectivity index (χ0) is 22.8. The van der Waals surface area contributed by atoms with E-state index in [2.05, 4.69) is 5.32 Å². The first-order valence-corrected chi connectivity index (χ1v) is 11.1. The SMILES string of the molecule is CNC(=O)c1ccc(Cc2cc3c(c(Cl)c2C)OCCN(CC2CCCO2)C3=O)cc1F. The molecule has 0 saturated carbocycles. The summed E-state index contributed by atoms with van der Waals surface area (Å²) in [6.07, 6.45) is 2.35. The lowest BCUT2D eigenvalue weighted by molar-refractivity contribution is 0.0519. The van der Waals surface area contributed by atoms with E-state index in [4.69, 9.17) is 21.1 Å². The molecule has 8 heteroatoms.